The number of nitrogens with zero attached hydrogens (tertiary/aromatic N) is 4. The van der Waals surface area contributed by atoms with Gasteiger partial charge in [-0.05, 0) is 24.3 Å². The zero-order valence-corrected chi connectivity index (χ0v) is 15.3. The molecule has 27 heavy (non-hydrogen) atoms. The summed E-state index contributed by atoms with van der Waals surface area (Å²) < 4.78 is 8.73. The third-order valence-electron chi connectivity index (χ3n) is 5.18. The van der Waals surface area contributed by atoms with Gasteiger partial charge in [-0.3, -0.25) is 4.79 Å². The highest BCUT2D eigenvalue weighted by Gasteiger charge is 2.27. The van der Waals surface area contributed by atoms with Crippen molar-refractivity contribution >= 4 is 22.7 Å². The predicted octanol–water partition coefficient (Wildman–Crippen LogP) is 2.61. The zero-order chi connectivity index (χ0) is 18.9. The Kier molecular flexibility index (Phi) is 4.53. The number of aromatic nitrogens is 2. The van der Waals surface area contributed by atoms with Crippen molar-refractivity contribution in [2.45, 2.75) is 12.8 Å². The maximum atomic E-state index is 11.4. The summed E-state index contributed by atoms with van der Waals surface area (Å²) in [5, 5.41) is 14.5. The first-order valence-corrected chi connectivity index (χ1v) is 9.20. The summed E-state index contributed by atoms with van der Waals surface area (Å²) in [6, 6.07) is 5.68. The van der Waals surface area contributed by atoms with Crippen LogP contribution in [0.15, 0.2) is 53.4 Å². The van der Waals surface area contributed by atoms with Crippen molar-refractivity contribution < 1.29 is 19.1 Å². The first kappa shape index (κ1) is 17.5. The van der Waals surface area contributed by atoms with Gasteiger partial charge in [0.2, 0.25) is 0 Å². The fourth-order valence-corrected chi connectivity index (χ4v) is 3.57. The lowest BCUT2D eigenvalue weighted by Crippen LogP contribution is -2.43. The summed E-state index contributed by atoms with van der Waals surface area (Å²) in [4.78, 5) is 15.9. The standard InChI is InChI=1S/C20H22N4O3/c1-24(10-4-5-11-24)12-13-27-20-19(17-6-2-3-9-23(17)22-20)21-16-8-7-15(25)14-18(16)26/h2-3,6-9,14H,4-5,10-13H2,1H3/p+1. The molecule has 1 N–H and O–H groups in total. The van der Waals surface area contributed by atoms with E-state index in [0.29, 0.717) is 23.9 Å². The largest absolute Gasteiger partial charge is 0.506 e. The van der Waals surface area contributed by atoms with Gasteiger partial charge in [0.25, 0.3) is 5.88 Å². The first-order chi connectivity index (χ1) is 13.0. The maximum Gasteiger partial charge on any atom is 0.260 e. The second-order valence-corrected chi connectivity index (χ2v) is 7.29. The molecule has 0 bridgehead atoms. The number of carbonyl (C=O) groups excluding carboxylic acids is 1. The summed E-state index contributed by atoms with van der Waals surface area (Å²) in [6.45, 7) is 3.83. The van der Waals surface area contributed by atoms with Gasteiger partial charge in [0.05, 0.1) is 25.7 Å². The third kappa shape index (κ3) is 3.64. The van der Waals surface area contributed by atoms with E-state index in [-0.39, 0.29) is 11.5 Å². The number of aliphatic hydroxyl groups is 1. The molecule has 1 aliphatic heterocycles. The van der Waals surface area contributed by atoms with Crippen LogP contribution in [0.4, 0.5) is 5.69 Å². The Hall–Kier alpha value is -2.93. The molecule has 1 fully saturated rings. The Balaban J connectivity index is 1.62. The second kappa shape index (κ2) is 7.00. The average Bonchev–Trinajstić information content (AvgIpc) is 3.22. The number of aliphatic imine (C=N–C) groups is 1. The van der Waals surface area contributed by atoms with E-state index in [4.69, 9.17) is 4.74 Å². The van der Waals surface area contributed by atoms with E-state index in [9.17, 15) is 9.90 Å². The third-order valence-corrected chi connectivity index (χ3v) is 5.18. The van der Waals surface area contributed by atoms with Crippen LogP contribution in [0, 0.1) is 0 Å². The van der Waals surface area contributed by atoms with Crippen LogP contribution < -0.4 is 4.74 Å². The second-order valence-electron chi connectivity index (χ2n) is 7.29. The van der Waals surface area contributed by atoms with Crippen molar-refractivity contribution in [3.05, 3.63) is 48.4 Å². The molecule has 0 amide bonds. The number of ketones is 1. The molecule has 4 rings (SSSR count). The number of rotatable bonds is 5. The van der Waals surface area contributed by atoms with E-state index >= 15 is 0 Å². The van der Waals surface area contributed by atoms with Crippen LogP contribution in [-0.2, 0) is 4.79 Å². The van der Waals surface area contributed by atoms with E-state index in [1.165, 1.54) is 38.1 Å². The number of hydrogen-bond acceptors (Lipinski definition) is 5. The van der Waals surface area contributed by atoms with Crippen LogP contribution >= 0.6 is 0 Å². The van der Waals surface area contributed by atoms with Gasteiger partial charge in [-0.1, -0.05) is 6.07 Å². The van der Waals surface area contributed by atoms with Crippen molar-refractivity contribution in [2.24, 2.45) is 4.99 Å². The van der Waals surface area contributed by atoms with Gasteiger partial charge in [0.1, 0.15) is 24.6 Å². The quantitative estimate of drug-likeness (QED) is 0.651. The fraction of sp³-hybridized carbons (Fsp3) is 0.350. The molecular formula is C20H23N4O3+. The summed E-state index contributed by atoms with van der Waals surface area (Å²) in [5.74, 6) is 0.0156. The lowest BCUT2D eigenvalue weighted by molar-refractivity contribution is -0.897. The first-order valence-electron chi connectivity index (χ1n) is 9.20. The molecule has 2 aromatic rings. The lowest BCUT2D eigenvalue weighted by atomic mass is 10.1. The number of likely N-dealkylation sites (N-methyl/N-ethyl adjacent to an activating group) is 1. The van der Waals surface area contributed by atoms with E-state index in [2.05, 4.69) is 17.1 Å². The molecule has 0 aromatic carbocycles. The number of aliphatic hydroxyl groups excluding tert-OH is 1. The molecule has 0 spiro atoms. The van der Waals surface area contributed by atoms with Crippen molar-refractivity contribution in [3.63, 3.8) is 0 Å². The predicted molar refractivity (Wildman–Crippen MR) is 103 cm³/mol. The van der Waals surface area contributed by atoms with Crippen LogP contribution in [0.25, 0.3) is 5.52 Å². The van der Waals surface area contributed by atoms with E-state index < -0.39 is 0 Å². The number of hydrogen-bond donors (Lipinski definition) is 1. The lowest BCUT2D eigenvalue weighted by Gasteiger charge is -2.28. The Morgan fingerprint density at radius 3 is 2.89 bits per heavy atom. The molecule has 1 saturated heterocycles. The highest BCUT2D eigenvalue weighted by Crippen LogP contribution is 2.33. The average molecular weight is 367 g/mol. The molecular weight excluding hydrogens is 344 g/mol. The highest BCUT2D eigenvalue weighted by atomic mass is 16.5. The molecule has 7 nitrogen and oxygen atoms in total. The molecule has 0 saturated carbocycles. The zero-order valence-electron chi connectivity index (χ0n) is 15.3. The number of ether oxygens (including phenoxy) is 1. The van der Waals surface area contributed by atoms with Crippen molar-refractivity contribution in [1.82, 2.24) is 9.61 Å². The van der Waals surface area contributed by atoms with Gasteiger partial charge in [-0.15, -0.1) is 5.10 Å². The minimum atomic E-state index is -0.259. The van der Waals surface area contributed by atoms with Crippen molar-refractivity contribution in [1.29, 1.82) is 0 Å². The molecule has 2 aromatic heterocycles. The topological polar surface area (TPSA) is 76.2 Å². The number of likely N-dealkylation sites (tertiary alicyclic amines) is 1. The van der Waals surface area contributed by atoms with Crippen LogP contribution in [-0.4, -0.2) is 64.0 Å². The fourth-order valence-electron chi connectivity index (χ4n) is 3.57. The van der Waals surface area contributed by atoms with Crippen LogP contribution in [0.3, 0.4) is 0 Å². The maximum absolute atomic E-state index is 11.4. The number of pyridine rings is 1. The van der Waals surface area contributed by atoms with Crippen LogP contribution in [0.1, 0.15) is 12.8 Å². The van der Waals surface area contributed by atoms with Gasteiger partial charge in [-0.25, -0.2) is 9.51 Å². The van der Waals surface area contributed by atoms with Crippen LogP contribution in [0.5, 0.6) is 5.88 Å². The molecule has 140 valence electrons. The highest BCUT2D eigenvalue weighted by molar-refractivity contribution is 6.19. The Morgan fingerprint density at radius 1 is 1.30 bits per heavy atom. The molecule has 2 aliphatic rings. The summed E-state index contributed by atoms with van der Waals surface area (Å²) in [5.41, 5.74) is 1.64. The normalized spacial score (nSPS) is 20.4. The number of carbonyl (C=O) groups is 1. The van der Waals surface area contributed by atoms with Crippen LogP contribution in [0.2, 0.25) is 0 Å². The molecule has 1 aliphatic carbocycles. The minimum Gasteiger partial charge on any atom is -0.506 e. The summed E-state index contributed by atoms with van der Waals surface area (Å²) in [6.07, 6.45) is 8.40. The van der Waals surface area contributed by atoms with Gasteiger partial charge in [-0.2, -0.15) is 0 Å². The van der Waals surface area contributed by atoms with Gasteiger partial charge < -0.3 is 14.3 Å². The minimum absolute atomic E-state index is 0.154. The molecule has 7 heteroatoms. The van der Waals surface area contributed by atoms with Gasteiger partial charge in [0, 0.05) is 25.1 Å². The van der Waals surface area contributed by atoms with Gasteiger partial charge in [0.15, 0.2) is 11.5 Å². The van der Waals surface area contributed by atoms with E-state index in [0.717, 1.165) is 22.6 Å². The summed E-state index contributed by atoms with van der Waals surface area (Å²) >= 11 is 0. The molecule has 0 unspecified atom stereocenters. The van der Waals surface area contributed by atoms with Gasteiger partial charge >= 0.3 is 0 Å². The number of quaternary nitrogens is 1. The summed E-state index contributed by atoms with van der Waals surface area (Å²) in [7, 11) is 2.26. The Labute approximate surface area is 157 Å². The number of allylic oxidation sites excluding steroid dienone is 3. The van der Waals surface area contributed by atoms with E-state index in [1.807, 2.05) is 24.4 Å². The smallest absolute Gasteiger partial charge is 0.260 e. The molecule has 0 atom stereocenters. The SMILES string of the molecule is C[N+]1(CCOc2nn3ccccc3c2N=C2C=CC(=O)C=C2O)CCCC1. The molecule has 0 radical (unpaired) electrons. The van der Waals surface area contributed by atoms with E-state index in [1.54, 1.807) is 4.52 Å². The Morgan fingerprint density at radius 2 is 2.11 bits per heavy atom. The Bertz CT molecular complexity index is 965. The number of fused-ring (bicyclic) bond motifs is 1. The van der Waals surface area contributed by atoms with Crippen molar-refractivity contribution in [2.75, 3.05) is 33.3 Å². The molecule has 3 heterocycles. The monoisotopic (exact) mass is 367 g/mol. The van der Waals surface area contributed by atoms with Crippen molar-refractivity contribution in [3.8, 4) is 5.88 Å².